The third-order valence-corrected chi connectivity index (χ3v) is 2.23. The summed E-state index contributed by atoms with van der Waals surface area (Å²) in [6.45, 7) is 3.71. The number of carbonyl (C=O) groups excluding carboxylic acids is 1. The molecule has 0 heterocycles. The molecule has 1 aromatic rings. The van der Waals surface area contributed by atoms with Crippen LogP contribution < -0.4 is 5.32 Å². The van der Waals surface area contributed by atoms with Gasteiger partial charge in [0.2, 0.25) is 0 Å². The van der Waals surface area contributed by atoms with Crippen molar-refractivity contribution in [1.82, 2.24) is 0 Å². The molecule has 0 aliphatic rings. The number of phenolic OH excluding ortho intramolecular Hbond substituents is 1. The van der Waals surface area contributed by atoms with Gasteiger partial charge in [0.15, 0.2) is 0 Å². The van der Waals surface area contributed by atoms with Crippen LogP contribution in [0.5, 0.6) is 5.75 Å². The Morgan fingerprint density at radius 2 is 2.00 bits per heavy atom. The normalized spacial score (nSPS) is 9.80. The molecule has 0 aliphatic heterocycles. The zero-order chi connectivity index (χ0) is 11.4. The fourth-order valence-electron chi connectivity index (χ4n) is 1.25. The first-order chi connectivity index (χ1) is 7.06. The van der Waals surface area contributed by atoms with E-state index in [-0.39, 0.29) is 18.3 Å². The first-order valence-electron chi connectivity index (χ1n) is 4.66. The molecule has 0 atom stereocenters. The number of hydrogen-bond acceptors (Lipinski definition) is 4. The van der Waals surface area contributed by atoms with Crippen molar-refractivity contribution in [2.75, 3.05) is 19.0 Å². The molecule has 0 fully saturated rings. The molecule has 0 saturated carbocycles. The van der Waals surface area contributed by atoms with Crippen molar-refractivity contribution in [2.45, 2.75) is 13.8 Å². The number of rotatable bonds is 3. The van der Waals surface area contributed by atoms with Crippen LogP contribution in [0.4, 0.5) is 5.69 Å². The van der Waals surface area contributed by atoms with Gasteiger partial charge in [-0.2, -0.15) is 0 Å². The average Bonchev–Trinajstić information content (AvgIpc) is 2.23. The van der Waals surface area contributed by atoms with E-state index < -0.39 is 0 Å². The summed E-state index contributed by atoms with van der Waals surface area (Å²) in [4.78, 5) is 10.9. The number of aryl methyl sites for hydroxylation is 2. The highest BCUT2D eigenvalue weighted by Gasteiger charge is 2.08. The number of benzene rings is 1. The molecule has 1 rings (SSSR count). The molecule has 4 heteroatoms. The lowest BCUT2D eigenvalue weighted by molar-refractivity contribution is -0.138. The average molecular weight is 209 g/mol. The number of anilines is 1. The summed E-state index contributed by atoms with van der Waals surface area (Å²) < 4.78 is 4.50. The van der Waals surface area contributed by atoms with Crippen molar-refractivity contribution in [3.8, 4) is 5.75 Å². The lowest BCUT2D eigenvalue weighted by Crippen LogP contribution is -2.15. The maximum atomic E-state index is 10.9. The Morgan fingerprint density at radius 3 is 2.60 bits per heavy atom. The Hall–Kier alpha value is -1.71. The molecule has 15 heavy (non-hydrogen) atoms. The molecule has 4 nitrogen and oxygen atoms in total. The standard InChI is InChI=1S/C11H15NO3/c1-7-4-5-8(2)11(14)10(7)12-6-9(13)15-3/h4-5,12,14H,6H2,1-3H3. The second kappa shape index (κ2) is 4.68. The van der Waals surface area contributed by atoms with Gasteiger partial charge in [0, 0.05) is 0 Å². The van der Waals surface area contributed by atoms with Crippen LogP contribution in [0.15, 0.2) is 12.1 Å². The Bertz CT molecular complexity index is 374. The molecule has 0 radical (unpaired) electrons. The fourth-order valence-corrected chi connectivity index (χ4v) is 1.25. The Balaban J connectivity index is 2.84. The highest BCUT2D eigenvalue weighted by Crippen LogP contribution is 2.30. The summed E-state index contributed by atoms with van der Waals surface area (Å²) in [7, 11) is 1.33. The Kier molecular flexibility index (Phi) is 3.55. The second-order valence-electron chi connectivity index (χ2n) is 3.35. The van der Waals surface area contributed by atoms with Crippen LogP contribution in [0.1, 0.15) is 11.1 Å². The number of phenols is 1. The zero-order valence-electron chi connectivity index (χ0n) is 9.13. The van der Waals surface area contributed by atoms with Crippen LogP contribution >= 0.6 is 0 Å². The molecule has 0 saturated heterocycles. The van der Waals surface area contributed by atoms with E-state index in [9.17, 15) is 9.90 Å². The molecule has 0 aliphatic carbocycles. The highest BCUT2D eigenvalue weighted by atomic mass is 16.5. The molecule has 2 N–H and O–H groups in total. The number of aromatic hydroxyl groups is 1. The minimum Gasteiger partial charge on any atom is -0.505 e. The van der Waals surface area contributed by atoms with Crippen molar-refractivity contribution in [3.63, 3.8) is 0 Å². The molecule has 0 amide bonds. The quantitative estimate of drug-likeness (QED) is 0.586. The molecule has 0 bridgehead atoms. The van der Waals surface area contributed by atoms with Gasteiger partial charge in [-0.05, 0) is 25.0 Å². The van der Waals surface area contributed by atoms with Gasteiger partial charge in [-0.1, -0.05) is 12.1 Å². The molecule has 0 aromatic heterocycles. The summed E-state index contributed by atoms with van der Waals surface area (Å²) in [5.41, 5.74) is 2.25. The van der Waals surface area contributed by atoms with Crippen LogP contribution in [0.2, 0.25) is 0 Å². The van der Waals surface area contributed by atoms with Gasteiger partial charge in [-0.15, -0.1) is 0 Å². The van der Waals surface area contributed by atoms with E-state index in [1.165, 1.54) is 7.11 Å². The van der Waals surface area contributed by atoms with Gasteiger partial charge in [0.05, 0.1) is 12.8 Å². The SMILES string of the molecule is COC(=O)CNc1c(C)ccc(C)c1O. The molecular weight excluding hydrogens is 194 g/mol. The van der Waals surface area contributed by atoms with Crippen molar-refractivity contribution in [2.24, 2.45) is 0 Å². The molecular formula is C11H15NO3. The molecule has 0 unspecified atom stereocenters. The van der Waals surface area contributed by atoms with Crippen LogP contribution in [0, 0.1) is 13.8 Å². The predicted molar refractivity (Wildman–Crippen MR) is 58.1 cm³/mol. The Labute approximate surface area is 88.9 Å². The van der Waals surface area contributed by atoms with Crippen molar-refractivity contribution in [1.29, 1.82) is 0 Å². The van der Waals surface area contributed by atoms with Gasteiger partial charge in [0.25, 0.3) is 0 Å². The number of esters is 1. The largest absolute Gasteiger partial charge is 0.505 e. The number of ether oxygens (including phenoxy) is 1. The second-order valence-corrected chi connectivity index (χ2v) is 3.35. The number of methoxy groups -OCH3 is 1. The lowest BCUT2D eigenvalue weighted by Gasteiger charge is -2.12. The van der Waals surface area contributed by atoms with Crippen LogP contribution in [-0.4, -0.2) is 24.7 Å². The summed E-state index contributed by atoms with van der Waals surface area (Å²) in [6.07, 6.45) is 0. The van der Waals surface area contributed by atoms with Gasteiger partial charge in [-0.25, -0.2) is 0 Å². The van der Waals surface area contributed by atoms with Gasteiger partial charge < -0.3 is 15.2 Å². The topological polar surface area (TPSA) is 58.6 Å². The number of carbonyl (C=O) groups is 1. The minimum atomic E-state index is -0.365. The van der Waals surface area contributed by atoms with Crippen molar-refractivity contribution >= 4 is 11.7 Å². The van der Waals surface area contributed by atoms with E-state index in [0.717, 1.165) is 11.1 Å². The van der Waals surface area contributed by atoms with Gasteiger partial charge >= 0.3 is 5.97 Å². The summed E-state index contributed by atoms with van der Waals surface area (Å²) in [6, 6.07) is 3.71. The van der Waals surface area contributed by atoms with E-state index in [1.807, 2.05) is 19.1 Å². The number of nitrogens with one attached hydrogen (secondary N) is 1. The van der Waals surface area contributed by atoms with Crippen molar-refractivity contribution in [3.05, 3.63) is 23.3 Å². The van der Waals surface area contributed by atoms with Crippen molar-refractivity contribution < 1.29 is 14.6 Å². The van der Waals surface area contributed by atoms with Crippen LogP contribution in [0.25, 0.3) is 0 Å². The van der Waals surface area contributed by atoms with E-state index in [4.69, 9.17) is 0 Å². The molecule has 1 aromatic carbocycles. The third-order valence-electron chi connectivity index (χ3n) is 2.23. The Morgan fingerprint density at radius 1 is 1.40 bits per heavy atom. The number of hydrogen-bond donors (Lipinski definition) is 2. The monoisotopic (exact) mass is 209 g/mol. The predicted octanol–water partition coefficient (Wildman–Crippen LogP) is 1.59. The van der Waals surface area contributed by atoms with E-state index in [0.29, 0.717) is 5.69 Å². The fraction of sp³-hybridized carbons (Fsp3) is 0.364. The third kappa shape index (κ3) is 2.62. The van der Waals surface area contributed by atoms with Crippen LogP contribution in [0.3, 0.4) is 0 Å². The van der Waals surface area contributed by atoms with Gasteiger partial charge in [-0.3, -0.25) is 4.79 Å². The van der Waals surface area contributed by atoms with E-state index >= 15 is 0 Å². The summed E-state index contributed by atoms with van der Waals surface area (Å²) in [5.74, 6) is -0.186. The zero-order valence-corrected chi connectivity index (χ0v) is 9.13. The lowest BCUT2D eigenvalue weighted by atomic mass is 10.1. The molecule has 82 valence electrons. The smallest absolute Gasteiger partial charge is 0.325 e. The van der Waals surface area contributed by atoms with E-state index in [2.05, 4.69) is 10.1 Å². The highest BCUT2D eigenvalue weighted by molar-refractivity contribution is 5.77. The molecule has 0 spiro atoms. The minimum absolute atomic E-state index is 0.0500. The first kappa shape index (κ1) is 11.4. The maximum Gasteiger partial charge on any atom is 0.325 e. The summed E-state index contributed by atoms with van der Waals surface area (Å²) >= 11 is 0. The van der Waals surface area contributed by atoms with Crippen LogP contribution in [-0.2, 0) is 9.53 Å². The first-order valence-corrected chi connectivity index (χ1v) is 4.66. The van der Waals surface area contributed by atoms with E-state index in [1.54, 1.807) is 6.92 Å². The summed E-state index contributed by atoms with van der Waals surface area (Å²) in [5, 5.41) is 12.6. The van der Waals surface area contributed by atoms with Gasteiger partial charge in [0.1, 0.15) is 12.3 Å². The maximum absolute atomic E-state index is 10.9.